The number of rotatable bonds is 14. The van der Waals surface area contributed by atoms with Crippen molar-refractivity contribution in [2.45, 2.75) is 121 Å². The first-order valence-corrected chi connectivity index (χ1v) is 23.1. The quantitative estimate of drug-likeness (QED) is 0.147. The number of carbonyl (C=O) groups excluding carboxylic acids is 2. The molecule has 2 heterocycles. The molecule has 0 radical (unpaired) electrons. The van der Waals surface area contributed by atoms with Crippen LogP contribution in [-0.2, 0) is 49.7 Å². The number of hydrogen-bond donors (Lipinski definition) is 1. The van der Waals surface area contributed by atoms with E-state index in [2.05, 4.69) is 13.8 Å². The van der Waals surface area contributed by atoms with Crippen LogP contribution in [0, 0.1) is 0 Å². The van der Waals surface area contributed by atoms with Gasteiger partial charge in [0.05, 0.1) is 52.4 Å². The molecule has 2 saturated heterocycles. The number of nitrogens with zero attached hydrogens (tertiary/aromatic N) is 3. The summed E-state index contributed by atoms with van der Waals surface area (Å²) in [5.41, 5.74) is -24.7. The largest absolute Gasteiger partial charge is 1.00 e. The number of halogens is 13. The molecule has 0 aromatic heterocycles. The van der Waals surface area contributed by atoms with Crippen LogP contribution in [-0.4, -0.2) is 129 Å². The standard InChI is InChI=1S/2C12H24NO.C2HF6NO4S2.C2F6NO4S2.CH4.BrH.Li/c2*1-3-13(9-5-4-6-10-13)11-7-8-12(2)14;2*3-1(4,5)14(10,11)9-15(12,13)2(6,7)8;;;/h2*3-11H2,1-2H3;9H;;1H4;1H;/q2*+1;;-1;;;+1/p-1. The van der Waals surface area contributed by atoms with Gasteiger partial charge in [0.15, 0.2) is 20.0 Å². The Bertz CT molecular complexity index is 1540. The maximum atomic E-state index is 11.5. The van der Waals surface area contributed by atoms with E-state index in [1.165, 1.54) is 99.8 Å². The molecule has 1 N–H and O–H groups in total. The summed E-state index contributed by atoms with van der Waals surface area (Å²) in [5, 5.41) is 0. The third-order valence-electron chi connectivity index (χ3n) is 8.80. The molecule has 0 aliphatic carbocycles. The van der Waals surface area contributed by atoms with Crippen molar-refractivity contribution in [2.75, 3.05) is 52.4 Å². The number of quaternary nitrogens is 2. The molecule has 364 valence electrons. The molecule has 32 heteroatoms. The summed E-state index contributed by atoms with van der Waals surface area (Å²) in [6, 6.07) is 0. The smallest absolute Gasteiger partial charge is 1.00 e. The van der Waals surface area contributed by atoms with E-state index < -0.39 is 66.3 Å². The van der Waals surface area contributed by atoms with Crippen molar-refractivity contribution < 1.29 is 141 Å². The Hall–Kier alpha value is -0.783. The number of piperidine rings is 2. The summed E-state index contributed by atoms with van der Waals surface area (Å²) >= 11 is 0. The van der Waals surface area contributed by atoms with Gasteiger partial charge in [-0.05, 0) is 66.2 Å². The second kappa shape index (κ2) is 27.6. The molecule has 0 atom stereocenters. The molecule has 0 bridgehead atoms. The van der Waals surface area contributed by atoms with Gasteiger partial charge in [-0.2, -0.15) is 52.7 Å². The second-order valence-electron chi connectivity index (χ2n) is 13.3. The van der Waals surface area contributed by atoms with E-state index in [0.717, 1.165) is 29.8 Å². The van der Waals surface area contributed by atoms with Gasteiger partial charge in [0.1, 0.15) is 11.6 Å². The fourth-order valence-corrected chi connectivity index (χ4v) is 9.16. The number of nitrogens with one attached hydrogen (secondary N) is 1. The van der Waals surface area contributed by atoms with Crippen molar-refractivity contribution >= 4 is 51.7 Å². The molecule has 0 aromatic rings. The van der Waals surface area contributed by atoms with Crippen molar-refractivity contribution in [3.8, 4) is 0 Å². The van der Waals surface area contributed by atoms with Gasteiger partial charge in [0.2, 0.25) is 0 Å². The first-order chi connectivity index (χ1) is 25.8. The molecule has 0 spiro atoms. The third-order valence-corrected chi connectivity index (χ3v) is 14.5. The monoisotopic (exact) mass is 1060 g/mol. The Labute approximate surface area is 372 Å². The number of carbonyl (C=O) groups is 2. The van der Waals surface area contributed by atoms with Crippen molar-refractivity contribution in [2.24, 2.45) is 0 Å². The number of likely N-dealkylation sites (tertiary alicyclic amines) is 2. The first-order valence-electron chi connectivity index (χ1n) is 17.3. The van der Waals surface area contributed by atoms with Gasteiger partial charge in [-0.3, -0.25) is 0 Å². The molecule has 14 nitrogen and oxygen atoms in total. The Morgan fingerprint density at radius 3 is 0.951 bits per heavy atom. The van der Waals surface area contributed by atoms with Gasteiger partial charge in [-0.1, -0.05) is 11.6 Å². The summed E-state index contributed by atoms with van der Waals surface area (Å²) in [4.78, 5) is 21.7. The van der Waals surface area contributed by atoms with Crippen LogP contribution >= 0.6 is 0 Å². The van der Waals surface area contributed by atoms with Crippen LogP contribution in [0.1, 0.15) is 99.3 Å². The van der Waals surface area contributed by atoms with E-state index >= 15 is 0 Å². The molecule has 61 heavy (non-hydrogen) atoms. The zero-order chi connectivity index (χ0) is 46.3. The van der Waals surface area contributed by atoms with E-state index in [1.807, 2.05) is 0 Å². The maximum absolute atomic E-state index is 11.5. The molecular weight excluding hydrogens is 1010 g/mol. The van der Waals surface area contributed by atoms with E-state index in [4.69, 9.17) is 0 Å². The van der Waals surface area contributed by atoms with E-state index in [-0.39, 0.29) is 43.3 Å². The Kier molecular flexibility index (Phi) is 31.4. The molecule has 0 saturated carbocycles. The van der Waals surface area contributed by atoms with Gasteiger partial charge in [0, 0.05) is 25.7 Å². The summed E-state index contributed by atoms with van der Waals surface area (Å²) < 4.78 is 220. The van der Waals surface area contributed by atoms with Crippen LogP contribution < -0.4 is 40.0 Å². The van der Waals surface area contributed by atoms with Crippen molar-refractivity contribution in [3.63, 3.8) is 0 Å². The van der Waals surface area contributed by atoms with Crippen LogP contribution in [0.4, 0.5) is 52.7 Å². The van der Waals surface area contributed by atoms with Gasteiger partial charge in [-0.15, -0.1) is 0 Å². The van der Waals surface area contributed by atoms with Gasteiger partial charge < -0.3 is 39.7 Å². The van der Waals surface area contributed by atoms with E-state index in [9.17, 15) is 95.9 Å². The number of Topliss-reactive ketones (excluding diaryl/α,β-unsaturated/α-hetero) is 2. The van der Waals surface area contributed by atoms with Gasteiger partial charge in [-0.25, -0.2) is 33.7 Å². The Morgan fingerprint density at radius 2 is 0.770 bits per heavy atom. The van der Waals surface area contributed by atoms with Crippen LogP contribution in [0.25, 0.3) is 4.13 Å². The first kappa shape index (κ1) is 69.3. The summed E-state index contributed by atoms with van der Waals surface area (Å²) in [7, 11) is -26.6. The predicted octanol–water partition coefficient (Wildman–Crippen LogP) is 0.731. The van der Waals surface area contributed by atoms with Gasteiger partial charge >= 0.3 is 60.9 Å². The van der Waals surface area contributed by atoms with Crippen LogP contribution in [0.2, 0.25) is 0 Å². The average Bonchev–Trinajstić information content (AvgIpc) is 3.03. The zero-order valence-electron chi connectivity index (χ0n) is 33.2. The van der Waals surface area contributed by atoms with Crippen LogP contribution in [0.5, 0.6) is 0 Å². The van der Waals surface area contributed by atoms with Crippen molar-refractivity contribution in [1.82, 2.24) is 4.13 Å². The predicted molar refractivity (Wildman–Crippen MR) is 191 cm³/mol. The van der Waals surface area contributed by atoms with Crippen LogP contribution in [0.15, 0.2) is 0 Å². The minimum Gasteiger partial charge on any atom is -1.00 e. The number of alkyl halides is 12. The topological polar surface area (TPSA) is 197 Å². The number of sulfonamides is 4. The zero-order valence-corrected chi connectivity index (χ0v) is 38.1. The molecule has 2 fully saturated rings. The molecule has 0 unspecified atom stereocenters. The summed E-state index contributed by atoms with van der Waals surface area (Å²) in [5.74, 6) is 0.688. The fraction of sp³-hybridized carbons (Fsp3) is 0.931. The number of ketones is 2. The molecule has 2 rings (SSSR count). The summed E-state index contributed by atoms with van der Waals surface area (Å²) in [6.45, 7) is 18.3. The average molecular weight is 1060 g/mol. The second-order valence-corrected chi connectivity index (χ2v) is 20.3. The fourth-order valence-electron chi connectivity index (χ4n) is 5.54. The summed E-state index contributed by atoms with van der Waals surface area (Å²) in [6.07, 6.45) is 12.1. The molecule has 2 aliphatic rings. The SMILES string of the molecule is C.CC[N+]1(CCCC(C)=O)CCCCC1.CC[N+]1(CCCC(C)=O)CCCCC1.O=S(=O)(NS(=O)(=O)C(F)(F)F)C(F)(F)F.O=S(=O)([N-]S(=O)(=O)C(F)(F)F)C(F)(F)F.[Br-].[Li+]. The minimum absolute atomic E-state index is 0. The van der Waals surface area contributed by atoms with E-state index in [1.54, 1.807) is 13.8 Å². The van der Waals surface area contributed by atoms with Gasteiger partial charge in [0.25, 0.3) is 0 Å². The minimum atomic E-state index is -6.72. The maximum Gasteiger partial charge on any atom is 1.00 e. The van der Waals surface area contributed by atoms with Crippen LogP contribution in [0.3, 0.4) is 0 Å². The van der Waals surface area contributed by atoms with Crippen molar-refractivity contribution in [1.29, 1.82) is 0 Å². The third kappa shape index (κ3) is 25.5. The molecule has 0 amide bonds. The Balaban J connectivity index is -0.000000225. The van der Waals surface area contributed by atoms with E-state index in [0.29, 0.717) is 11.6 Å². The Morgan fingerprint density at radius 1 is 0.525 bits per heavy atom. The molecule has 2 aliphatic heterocycles. The molecular formula is C29H53BrF12LiN4O10S4+. The van der Waals surface area contributed by atoms with Crippen molar-refractivity contribution in [3.05, 3.63) is 4.13 Å². The molecule has 0 aromatic carbocycles. The number of hydrogen-bond acceptors (Lipinski definition) is 10. The normalized spacial score (nSPS) is 17.0.